The number of rotatable bonds is 13. The number of ether oxygens (including phenoxy) is 1. The molecule has 3 aliphatic rings. The molecule has 3 heterocycles. The number of halogens is 1. The molecule has 4 amide bonds. The molecule has 3 aliphatic heterocycles. The van der Waals surface area contributed by atoms with Gasteiger partial charge in [0.2, 0.25) is 23.6 Å². The lowest BCUT2D eigenvalue weighted by molar-refractivity contribution is -0.148. The fourth-order valence-corrected chi connectivity index (χ4v) is 5.84. The highest BCUT2D eigenvalue weighted by molar-refractivity contribution is 6.08. The molecule has 0 fully saturated rings. The van der Waals surface area contributed by atoms with E-state index >= 15 is 0 Å². The van der Waals surface area contributed by atoms with Gasteiger partial charge < -0.3 is 31.1 Å². The number of hydrogen-bond donors (Lipinski definition) is 5. The van der Waals surface area contributed by atoms with Gasteiger partial charge >= 0.3 is 0 Å². The van der Waals surface area contributed by atoms with Crippen LogP contribution in [0.2, 0.25) is 0 Å². The molecule has 42 heavy (non-hydrogen) atoms. The van der Waals surface area contributed by atoms with E-state index in [-0.39, 0.29) is 43.5 Å². The lowest BCUT2D eigenvalue weighted by atomic mass is 9.94. The summed E-state index contributed by atoms with van der Waals surface area (Å²) < 4.78 is 17.7. The van der Waals surface area contributed by atoms with Gasteiger partial charge in [0.15, 0.2) is 0 Å². The van der Waals surface area contributed by atoms with Crippen LogP contribution in [0.1, 0.15) is 51.7 Å². The first kappa shape index (κ1) is 31.2. The van der Waals surface area contributed by atoms with Crippen LogP contribution in [0.15, 0.2) is 30.1 Å². The van der Waals surface area contributed by atoms with Crippen LogP contribution in [0.5, 0.6) is 0 Å². The van der Waals surface area contributed by atoms with E-state index in [1.54, 1.807) is 24.9 Å². The summed E-state index contributed by atoms with van der Waals surface area (Å²) in [5.41, 5.74) is 11.7. The highest BCUT2D eigenvalue weighted by Gasteiger charge is 2.45. The molecule has 0 bridgehead atoms. The van der Waals surface area contributed by atoms with Gasteiger partial charge in [-0.3, -0.25) is 24.1 Å². The third-order valence-corrected chi connectivity index (χ3v) is 8.06. The number of aryl methyl sites for hydroxylation is 1. The fraction of sp³-hybridized carbons (Fsp3) is 0.586. The van der Waals surface area contributed by atoms with Crippen LogP contribution in [-0.4, -0.2) is 79.1 Å². The summed E-state index contributed by atoms with van der Waals surface area (Å²) in [6.45, 7) is 6.41. The third-order valence-electron chi connectivity index (χ3n) is 8.06. The lowest BCUT2D eigenvalue weighted by Crippen LogP contribution is -2.60. The zero-order valence-corrected chi connectivity index (χ0v) is 24.7. The zero-order chi connectivity index (χ0) is 30.4. The van der Waals surface area contributed by atoms with Crippen molar-refractivity contribution in [2.75, 3.05) is 31.3 Å². The molecule has 1 aromatic rings. The van der Waals surface area contributed by atoms with Crippen molar-refractivity contribution in [1.29, 1.82) is 0 Å². The van der Waals surface area contributed by atoms with Crippen LogP contribution in [-0.2, 0) is 36.8 Å². The van der Waals surface area contributed by atoms with Gasteiger partial charge in [-0.05, 0) is 43.7 Å². The number of hydrogen-bond acceptors (Lipinski definition) is 8. The molecule has 2 unspecified atom stereocenters. The summed E-state index contributed by atoms with van der Waals surface area (Å²) in [5.74, 6) is -1.74. The van der Waals surface area contributed by atoms with Crippen molar-refractivity contribution >= 4 is 29.3 Å². The van der Waals surface area contributed by atoms with Gasteiger partial charge in [0.1, 0.15) is 31.4 Å². The molecule has 0 aliphatic carbocycles. The molecule has 0 aromatic heterocycles. The minimum absolute atomic E-state index is 0.205. The largest absolute Gasteiger partial charge is 0.369 e. The number of carbonyl (C=O) groups is 4. The number of hydrazine groups is 2. The van der Waals surface area contributed by atoms with Crippen molar-refractivity contribution in [3.8, 4) is 0 Å². The maximum atomic E-state index is 14.1. The molecule has 5 N–H and O–H groups in total. The predicted molar refractivity (Wildman–Crippen MR) is 154 cm³/mol. The van der Waals surface area contributed by atoms with Crippen LogP contribution in [0.3, 0.4) is 0 Å². The number of nitrogens with zero attached hydrogens (tertiary/aromatic N) is 2. The van der Waals surface area contributed by atoms with E-state index in [2.05, 4.69) is 27.0 Å². The number of nitrogens with one attached hydrogen (secondary N) is 5. The Morgan fingerprint density at radius 2 is 1.98 bits per heavy atom. The van der Waals surface area contributed by atoms with Crippen LogP contribution in [0.4, 0.5) is 10.1 Å². The van der Waals surface area contributed by atoms with Crippen molar-refractivity contribution in [3.63, 3.8) is 0 Å². The summed E-state index contributed by atoms with van der Waals surface area (Å²) >= 11 is 0. The van der Waals surface area contributed by atoms with Crippen molar-refractivity contribution < 1.29 is 28.3 Å². The van der Waals surface area contributed by atoms with Gasteiger partial charge in [0.25, 0.3) is 0 Å². The molecule has 0 saturated carbocycles. The van der Waals surface area contributed by atoms with Crippen LogP contribution in [0, 0.1) is 5.92 Å². The number of para-hydroxylation sites is 1. The van der Waals surface area contributed by atoms with Crippen LogP contribution in [0.25, 0.3) is 0 Å². The smallest absolute Gasteiger partial charge is 0.250 e. The Balaban J connectivity index is 1.56. The molecular weight excluding hydrogens is 545 g/mol. The normalized spacial score (nSPS) is 20.6. The predicted octanol–water partition coefficient (Wildman–Crippen LogP) is 0.583. The Labute approximate surface area is 245 Å². The second-order valence-corrected chi connectivity index (χ2v) is 11.2. The second kappa shape index (κ2) is 14.0. The molecule has 12 nitrogen and oxygen atoms in total. The minimum atomic E-state index is -0.891. The van der Waals surface area contributed by atoms with Crippen molar-refractivity contribution in [3.05, 3.63) is 41.2 Å². The highest BCUT2D eigenvalue weighted by atomic mass is 19.1. The lowest BCUT2D eigenvalue weighted by Gasteiger charge is -2.38. The fourth-order valence-electron chi connectivity index (χ4n) is 5.84. The summed E-state index contributed by atoms with van der Waals surface area (Å²) in [6, 6.07) is 2.95. The van der Waals surface area contributed by atoms with E-state index in [9.17, 15) is 23.6 Å². The number of benzene rings is 1. The summed E-state index contributed by atoms with van der Waals surface area (Å²) in [4.78, 5) is 57.5. The number of anilines is 1. The Kier molecular flexibility index (Phi) is 10.4. The minimum Gasteiger partial charge on any atom is -0.369 e. The van der Waals surface area contributed by atoms with Gasteiger partial charge in [0, 0.05) is 18.7 Å². The maximum absolute atomic E-state index is 14.1. The Hall–Kier alpha value is -3.71. The van der Waals surface area contributed by atoms with Gasteiger partial charge in [-0.15, -0.1) is 0 Å². The monoisotopic (exact) mass is 587 g/mol. The maximum Gasteiger partial charge on any atom is 0.250 e. The molecule has 0 spiro atoms. The molecule has 4 atom stereocenters. The SMILES string of the molecule is CC[C@H](C)[C@@H](C(=O)NC1CCc2cccc3c2N(C1=O)C(C(=O)NCC1=CNNN1)C3)N(C(=O)COCCF)C(C)C. The van der Waals surface area contributed by atoms with Crippen molar-refractivity contribution in [2.45, 2.75) is 77.5 Å². The molecular formula is C29H42FN7O5. The van der Waals surface area contributed by atoms with E-state index in [1.807, 2.05) is 32.0 Å². The number of amides is 4. The molecule has 0 radical (unpaired) electrons. The van der Waals surface area contributed by atoms with Gasteiger partial charge in [0.05, 0.1) is 24.5 Å². The second-order valence-electron chi connectivity index (χ2n) is 11.2. The molecule has 1 aromatic carbocycles. The van der Waals surface area contributed by atoms with Crippen LogP contribution >= 0.6 is 0 Å². The van der Waals surface area contributed by atoms with Crippen molar-refractivity contribution in [2.24, 2.45) is 5.92 Å². The average Bonchev–Trinajstić information content (AvgIpc) is 3.61. The summed E-state index contributed by atoms with van der Waals surface area (Å²) in [7, 11) is 0. The topological polar surface area (TPSA) is 144 Å². The van der Waals surface area contributed by atoms with Gasteiger partial charge in [-0.1, -0.05) is 38.5 Å². The Morgan fingerprint density at radius 1 is 1.21 bits per heavy atom. The summed E-state index contributed by atoms with van der Waals surface area (Å²) in [5, 5.41) is 5.84. The zero-order valence-electron chi connectivity index (χ0n) is 24.7. The number of alkyl halides is 1. The Morgan fingerprint density at radius 3 is 2.64 bits per heavy atom. The highest BCUT2D eigenvalue weighted by Crippen LogP contribution is 2.39. The van der Waals surface area contributed by atoms with Crippen LogP contribution < -0.4 is 31.9 Å². The number of carbonyl (C=O) groups excluding carboxylic acids is 4. The van der Waals surface area contributed by atoms with Gasteiger partial charge in [-0.2, -0.15) is 5.53 Å². The summed E-state index contributed by atoms with van der Waals surface area (Å²) in [6.07, 6.45) is 3.56. The van der Waals surface area contributed by atoms with E-state index in [1.165, 1.54) is 4.90 Å². The van der Waals surface area contributed by atoms with E-state index in [0.29, 0.717) is 25.7 Å². The van der Waals surface area contributed by atoms with Gasteiger partial charge in [-0.25, -0.2) is 4.39 Å². The quantitative estimate of drug-likeness (QED) is 0.211. The molecule has 230 valence electrons. The van der Waals surface area contributed by atoms with E-state index < -0.39 is 36.6 Å². The molecule has 0 saturated heterocycles. The first-order valence-electron chi connectivity index (χ1n) is 14.6. The van der Waals surface area contributed by atoms with E-state index in [4.69, 9.17) is 4.74 Å². The first-order valence-corrected chi connectivity index (χ1v) is 14.6. The molecule has 13 heteroatoms. The van der Waals surface area contributed by atoms with Crippen molar-refractivity contribution in [1.82, 2.24) is 31.9 Å². The first-order chi connectivity index (χ1) is 20.2. The average molecular weight is 588 g/mol. The third kappa shape index (κ3) is 6.67. The van der Waals surface area contributed by atoms with E-state index in [0.717, 1.165) is 22.5 Å². The Bertz CT molecular complexity index is 1210. The molecule has 4 rings (SSSR count). The standard InChI is InChI=1S/C29H42FN7O5/c1-5-18(4)25(36(17(2)3)24(38)16-42-12-11-30)28(40)33-22-10-9-19-7-6-8-20-13-23(37(26(19)20)29(22)41)27(39)31-14-21-15-32-35-34-21/h6-8,15,17-18,22-23,25,32,34-35H,5,9-14,16H2,1-4H3,(H,31,39)(H,33,40)/t18-,22?,23?,25-/m0/s1.